The molecule has 1 fully saturated rings. The maximum atomic E-state index is 6.36. The summed E-state index contributed by atoms with van der Waals surface area (Å²) in [6.45, 7) is 6.43. The van der Waals surface area contributed by atoms with Crippen LogP contribution in [0.5, 0.6) is 0 Å². The fraction of sp³-hybridized carbons (Fsp3) is 0.769. The summed E-state index contributed by atoms with van der Waals surface area (Å²) in [7, 11) is 0. The van der Waals surface area contributed by atoms with E-state index in [0.29, 0.717) is 5.88 Å². The molecule has 0 aromatic carbocycles. The lowest BCUT2D eigenvalue weighted by molar-refractivity contribution is 0.00382. The molecule has 1 saturated heterocycles. The lowest BCUT2D eigenvalue weighted by Crippen LogP contribution is -2.36. The smallest absolute Gasteiger partial charge is 0.0847 e. The van der Waals surface area contributed by atoms with Crippen LogP contribution < -0.4 is 0 Å². The Labute approximate surface area is 118 Å². The van der Waals surface area contributed by atoms with Crippen LogP contribution in [0.2, 0.25) is 5.02 Å². The minimum Gasteiger partial charge on any atom is -0.381 e. The van der Waals surface area contributed by atoms with Gasteiger partial charge in [0.15, 0.2) is 0 Å². The van der Waals surface area contributed by atoms with Crippen molar-refractivity contribution in [3.8, 4) is 0 Å². The molecular weight excluding hydrogens is 271 g/mol. The molecule has 0 N–H and O–H groups in total. The van der Waals surface area contributed by atoms with Crippen LogP contribution in [0.1, 0.15) is 31.2 Å². The molecule has 102 valence electrons. The van der Waals surface area contributed by atoms with E-state index >= 15 is 0 Å². The predicted octanol–water partition coefficient (Wildman–Crippen LogP) is 3.44. The van der Waals surface area contributed by atoms with Gasteiger partial charge in [-0.05, 0) is 33.1 Å². The van der Waals surface area contributed by atoms with Gasteiger partial charge in [-0.1, -0.05) is 11.6 Å². The minimum absolute atomic E-state index is 0.0167. The van der Waals surface area contributed by atoms with Gasteiger partial charge in [-0.25, -0.2) is 0 Å². The zero-order valence-corrected chi connectivity index (χ0v) is 12.5. The summed E-state index contributed by atoms with van der Waals surface area (Å²) in [5, 5.41) is 5.24. The maximum absolute atomic E-state index is 6.36. The van der Waals surface area contributed by atoms with Crippen LogP contribution in [0.25, 0.3) is 0 Å². The normalized spacial score (nSPS) is 24.4. The van der Waals surface area contributed by atoms with E-state index in [1.807, 2.05) is 11.6 Å². The van der Waals surface area contributed by atoms with E-state index in [2.05, 4.69) is 12.0 Å². The van der Waals surface area contributed by atoms with Gasteiger partial charge in [0.05, 0.1) is 23.0 Å². The third-order valence-corrected chi connectivity index (χ3v) is 4.74. The molecule has 0 aliphatic carbocycles. The van der Waals surface area contributed by atoms with Crippen molar-refractivity contribution in [1.82, 2.24) is 9.78 Å². The number of ether oxygens (including phenoxy) is 1. The first-order valence-electron chi connectivity index (χ1n) is 6.47. The summed E-state index contributed by atoms with van der Waals surface area (Å²) in [5.41, 5.74) is 2.01. The second kappa shape index (κ2) is 5.81. The lowest BCUT2D eigenvalue weighted by Gasteiger charge is -2.35. The van der Waals surface area contributed by atoms with Crippen LogP contribution >= 0.6 is 23.2 Å². The van der Waals surface area contributed by atoms with Crippen molar-refractivity contribution in [3.05, 3.63) is 16.4 Å². The third kappa shape index (κ3) is 2.68. The predicted molar refractivity (Wildman–Crippen MR) is 74.6 cm³/mol. The molecule has 5 heteroatoms. The van der Waals surface area contributed by atoms with Crippen molar-refractivity contribution >= 4 is 23.2 Å². The molecule has 0 radical (unpaired) electrons. The standard InChI is InChI=1S/C13H20Cl2N2O/c1-3-17-11(12(15)10(2)16-17)7-13(8-14)5-4-6-18-9-13/h3-9H2,1-2H3. The number of aryl methyl sites for hydroxylation is 2. The number of aromatic nitrogens is 2. The fourth-order valence-corrected chi connectivity index (χ4v) is 3.10. The van der Waals surface area contributed by atoms with E-state index in [1.165, 1.54) is 0 Å². The summed E-state index contributed by atoms with van der Waals surface area (Å²) < 4.78 is 7.60. The van der Waals surface area contributed by atoms with Gasteiger partial charge in [-0.15, -0.1) is 11.6 Å². The van der Waals surface area contributed by atoms with Crippen LogP contribution in [0.15, 0.2) is 0 Å². The number of hydrogen-bond donors (Lipinski definition) is 0. The van der Waals surface area contributed by atoms with Crippen molar-refractivity contribution in [2.24, 2.45) is 5.41 Å². The van der Waals surface area contributed by atoms with Gasteiger partial charge >= 0.3 is 0 Å². The number of nitrogens with zero attached hydrogens (tertiary/aromatic N) is 2. The Morgan fingerprint density at radius 1 is 1.50 bits per heavy atom. The second-order valence-corrected chi connectivity index (χ2v) is 5.77. The molecular formula is C13H20Cl2N2O. The first-order chi connectivity index (χ1) is 8.62. The van der Waals surface area contributed by atoms with E-state index < -0.39 is 0 Å². The van der Waals surface area contributed by atoms with Crippen LogP contribution in [0, 0.1) is 12.3 Å². The first kappa shape index (κ1) is 14.2. The van der Waals surface area contributed by atoms with E-state index in [0.717, 1.165) is 55.4 Å². The highest BCUT2D eigenvalue weighted by Gasteiger charge is 2.34. The van der Waals surface area contributed by atoms with Gasteiger partial charge in [0, 0.05) is 24.4 Å². The van der Waals surface area contributed by atoms with Crippen molar-refractivity contribution in [2.45, 2.75) is 39.7 Å². The molecule has 0 amide bonds. The van der Waals surface area contributed by atoms with Crippen LogP contribution in [0.3, 0.4) is 0 Å². The average Bonchev–Trinajstić information content (AvgIpc) is 2.67. The molecule has 0 spiro atoms. The summed E-state index contributed by atoms with van der Waals surface area (Å²) >= 11 is 12.6. The zero-order chi connectivity index (χ0) is 13.2. The highest BCUT2D eigenvalue weighted by atomic mass is 35.5. The van der Waals surface area contributed by atoms with Gasteiger partial charge in [0.1, 0.15) is 0 Å². The Kier molecular flexibility index (Phi) is 4.57. The summed E-state index contributed by atoms with van der Waals surface area (Å²) in [6.07, 6.45) is 3.02. The number of hydrogen-bond acceptors (Lipinski definition) is 2. The van der Waals surface area contributed by atoms with Crippen molar-refractivity contribution < 1.29 is 4.74 Å². The van der Waals surface area contributed by atoms with Crippen LogP contribution in [-0.4, -0.2) is 28.9 Å². The third-order valence-electron chi connectivity index (χ3n) is 3.68. The Morgan fingerprint density at radius 2 is 2.28 bits per heavy atom. The van der Waals surface area contributed by atoms with Crippen LogP contribution in [0.4, 0.5) is 0 Å². The van der Waals surface area contributed by atoms with Gasteiger partial charge in [0.2, 0.25) is 0 Å². The second-order valence-electron chi connectivity index (χ2n) is 5.13. The van der Waals surface area contributed by atoms with Crippen LogP contribution in [-0.2, 0) is 17.7 Å². The molecule has 1 aliphatic heterocycles. The maximum Gasteiger partial charge on any atom is 0.0847 e. The molecule has 2 rings (SSSR count). The Hall–Kier alpha value is -0.250. The van der Waals surface area contributed by atoms with E-state index in [9.17, 15) is 0 Å². The Balaban J connectivity index is 2.26. The fourth-order valence-electron chi connectivity index (χ4n) is 2.60. The molecule has 1 aromatic heterocycles. The minimum atomic E-state index is 0.0167. The van der Waals surface area contributed by atoms with E-state index in [-0.39, 0.29) is 5.41 Å². The molecule has 3 nitrogen and oxygen atoms in total. The SMILES string of the molecule is CCn1nc(C)c(Cl)c1CC1(CCl)CCCOC1. The van der Waals surface area contributed by atoms with E-state index in [1.54, 1.807) is 0 Å². The highest BCUT2D eigenvalue weighted by Crippen LogP contribution is 2.36. The largest absolute Gasteiger partial charge is 0.381 e. The monoisotopic (exact) mass is 290 g/mol. The molecule has 1 aliphatic rings. The van der Waals surface area contributed by atoms with Gasteiger partial charge < -0.3 is 4.74 Å². The Morgan fingerprint density at radius 3 is 2.83 bits per heavy atom. The summed E-state index contributed by atoms with van der Waals surface area (Å²) in [5.74, 6) is 0.608. The molecule has 0 saturated carbocycles. The lowest BCUT2D eigenvalue weighted by atomic mass is 9.80. The number of halogens is 2. The molecule has 1 aromatic rings. The number of rotatable bonds is 4. The zero-order valence-electron chi connectivity index (χ0n) is 11.0. The quantitative estimate of drug-likeness (QED) is 0.795. The first-order valence-corrected chi connectivity index (χ1v) is 7.38. The molecule has 1 unspecified atom stereocenters. The Bertz CT molecular complexity index is 411. The summed E-state index contributed by atoms with van der Waals surface area (Å²) in [4.78, 5) is 0. The van der Waals surface area contributed by atoms with Gasteiger partial charge in [0.25, 0.3) is 0 Å². The van der Waals surface area contributed by atoms with Gasteiger partial charge in [-0.3, -0.25) is 4.68 Å². The number of alkyl halides is 1. The molecule has 18 heavy (non-hydrogen) atoms. The van der Waals surface area contributed by atoms with Gasteiger partial charge in [-0.2, -0.15) is 5.10 Å². The summed E-state index contributed by atoms with van der Waals surface area (Å²) in [6, 6.07) is 0. The highest BCUT2D eigenvalue weighted by molar-refractivity contribution is 6.31. The molecule has 0 bridgehead atoms. The van der Waals surface area contributed by atoms with E-state index in [4.69, 9.17) is 27.9 Å². The average molecular weight is 291 g/mol. The van der Waals surface area contributed by atoms with Crippen molar-refractivity contribution in [2.75, 3.05) is 19.1 Å². The van der Waals surface area contributed by atoms with Crippen molar-refractivity contribution in [3.63, 3.8) is 0 Å². The van der Waals surface area contributed by atoms with Crippen molar-refractivity contribution in [1.29, 1.82) is 0 Å². The molecule has 2 heterocycles. The topological polar surface area (TPSA) is 27.1 Å². The molecule has 1 atom stereocenters.